The maximum Gasteiger partial charge on any atom is 0.275 e. The highest BCUT2D eigenvalue weighted by atomic mass is 35.5. The number of nitrogens with zero attached hydrogens (tertiary/aromatic N) is 3. The molecule has 0 aliphatic heterocycles. The van der Waals surface area contributed by atoms with Gasteiger partial charge in [0, 0.05) is 16.6 Å². The molecule has 5 nitrogen and oxygen atoms in total. The zero-order valence-electron chi connectivity index (χ0n) is 10.7. The predicted molar refractivity (Wildman–Crippen MR) is 81.5 cm³/mol. The lowest BCUT2D eigenvalue weighted by atomic mass is 10.1. The average Bonchev–Trinajstić information content (AvgIpc) is 2.48. The van der Waals surface area contributed by atoms with E-state index in [4.69, 9.17) is 17.3 Å². The first kappa shape index (κ1) is 13.2. The molecule has 3 rings (SSSR count). The van der Waals surface area contributed by atoms with Gasteiger partial charge < -0.3 is 5.73 Å². The zero-order chi connectivity index (χ0) is 15.0. The van der Waals surface area contributed by atoms with Crippen molar-refractivity contribution in [3.8, 4) is 11.8 Å². The van der Waals surface area contributed by atoms with Crippen LogP contribution >= 0.6 is 11.6 Å². The molecule has 0 spiro atoms. The van der Waals surface area contributed by atoms with Crippen molar-refractivity contribution in [2.24, 2.45) is 0 Å². The van der Waals surface area contributed by atoms with Crippen LogP contribution in [0.1, 0.15) is 5.56 Å². The first-order valence-electron chi connectivity index (χ1n) is 6.07. The van der Waals surface area contributed by atoms with E-state index in [1.165, 1.54) is 4.57 Å². The van der Waals surface area contributed by atoms with Gasteiger partial charge in [-0.25, -0.2) is 0 Å². The van der Waals surface area contributed by atoms with E-state index in [2.05, 4.69) is 4.98 Å². The van der Waals surface area contributed by atoms with Gasteiger partial charge in [0.25, 0.3) is 5.56 Å². The van der Waals surface area contributed by atoms with E-state index in [0.717, 1.165) is 0 Å². The third-order valence-electron chi connectivity index (χ3n) is 3.19. The van der Waals surface area contributed by atoms with Gasteiger partial charge >= 0.3 is 0 Å². The third kappa shape index (κ3) is 2.02. The molecule has 0 unspecified atom stereocenters. The summed E-state index contributed by atoms with van der Waals surface area (Å²) in [4.78, 5) is 16.5. The Morgan fingerprint density at radius 3 is 2.81 bits per heavy atom. The number of benzene rings is 1. The smallest absolute Gasteiger partial charge is 0.275 e. The van der Waals surface area contributed by atoms with Gasteiger partial charge in [-0.2, -0.15) is 5.26 Å². The van der Waals surface area contributed by atoms with Crippen LogP contribution in [-0.2, 0) is 0 Å². The molecule has 0 saturated carbocycles. The predicted octanol–water partition coefficient (Wildman–Crippen LogP) is 2.49. The number of anilines is 1. The number of pyridine rings is 2. The second-order valence-electron chi connectivity index (χ2n) is 4.41. The van der Waals surface area contributed by atoms with Crippen LogP contribution in [0, 0.1) is 11.3 Å². The van der Waals surface area contributed by atoms with Gasteiger partial charge in [-0.15, -0.1) is 0 Å². The Bertz CT molecular complexity index is 942. The molecule has 1 aromatic carbocycles. The number of aromatic nitrogens is 2. The minimum absolute atomic E-state index is 0.0892. The van der Waals surface area contributed by atoms with E-state index >= 15 is 0 Å². The Morgan fingerprint density at radius 2 is 2.14 bits per heavy atom. The van der Waals surface area contributed by atoms with Crippen LogP contribution in [0.3, 0.4) is 0 Å². The molecule has 0 radical (unpaired) electrons. The summed E-state index contributed by atoms with van der Waals surface area (Å²) >= 11 is 6.02. The van der Waals surface area contributed by atoms with Crippen LogP contribution in [-0.4, -0.2) is 9.55 Å². The normalized spacial score (nSPS) is 10.5. The number of rotatable bonds is 1. The molecule has 0 atom stereocenters. The summed E-state index contributed by atoms with van der Waals surface area (Å²) in [5.41, 5.74) is 6.60. The van der Waals surface area contributed by atoms with E-state index in [1.54, 1.807) is 42.7 Å². The topological polar surface area (TPSA) is 84.7 Å². The molecule has 0 aliphatic rings. The zero-order valence-corrected chi connectivity index (χ0v) is 11.5. The number of nitrogens with two attached hydrogens (primary N) is 1. The maximum absolute atomic E-state index is 12.5. The third-order valence-corrected chi connectivity index (χ3v) is 3.43. The van der Waals surface area contributed by atoms with E-state index in [1.807, 2.05) is 6.07 Å². The fourth-order valence-corrected chi connectivity index (χ4v) is 2.41. The number of halogens is 1. The molecular formula is C15H9ClN4O. The fraction of sp³-hybridized carbons (Fsp3) is 0. The molecule has 6 heteroatoms. The molecule has 0 amide bonds. The van der Waals surface area contributed by atoms with Crippen molar-refractivity contribution in [3.63, 3.8) is 0 Å². The first-order chi connectivity index (χ1) is 10.1. The molecular weight excluding hydrogens is 288 g/mol. The van der Waals surface area contributed by atoms with E-state index in [9.17, 15) is 10.1 Å². The molecule has 3 aromatic rings. The first-order valence-corrected chi connectivity index (χ1v) is 6.45. The van der Waals surface area contributed by atoms with Crippen molar-refractivity contribution in [1.29, 1.82) is 5.26 Å². The molecule has 0 fully saturated rings. The summed E-state index contributed by atoms with van der Waals surface area (Å²) in [6.45, 7) is 0. The monoisotopic (exact) mass is 296 g/mol. The highest BCUT2D eigenvalue weighted by Gasteiger charge is 2.16. The molecule has 21 heavy (non-hydrogen) atoms. The Hall–Kier alpha value is -2.84. The molecule has 2 aromatic heterocycles. The van der Waals surface area contributed by atoms with Crippen molar-refractivity contribution in [2.45, 2.75) is 0 Å². The van der Waals surface area contributed by atoms with E-state index < -0.39 is 5.56 Å². The van der Waals surface area contributed by atoms with Gasteiger partial charge in [0.15, 0.2) is 0 Å². The second-order valence-corrected chi connectivity index (χ2v) is 4.85. The summed E-state index contributed by atoms with van der Waals surface area (Å²) in [7, 11) is 0. The molecule has 102 valence electrons. The highest BCUT2D eigenvalue weighted by molar-refractivity contribution is 6.31. The molecule has 0 saturated heterocycles. The lowest BCUT2D eigenvalue weighted by Gasteiger charge is -2.13. The fourth-order valence-electron chi connectivity index (χ4n) is 2.24. The van der Waals surface area contributed by atoms with Crippen LogP contribution in [0.25, 0.3) is 16.6 Å². The average molecular weight is 297 g/mol. The molecule has 0 aliphatic carbocycles. The number of hydrogen-bond acceptors (Lipinski definition) is 4. The SMILES string of the molecule is N#Cc1c(N)c2ccc(Cl)cc2n(-c2cccnc2)c1=O. The highest BCUT2D eigenvalue weighted by Crippen LogP contribution is 2.26. The second kappa shape index (κ2) is 4.93. The summed E-state index contributed by atoms with van der Waals surface area (Å²) in [6, 6.07) is 10.3. The molecule has 2 N–H and O–H groups in total. The lowest BCUT2D eigenvalue weighted by Crippen LogP contribution is -2.23. The van der Waals surface area contributed by atoms with E-state index in [0.29, 0.717) is 21.6 Å². The van der Waals surface area contributed by atoms with Gasteiger partial charge in [-0.1, -0.05) is 11.6 Å². The molecule has 2 heterocycles. The van der Waals surface area contributed by atoms with Crippen molar-refractivity contribution in [2.75, 3.05) is 5.73 Å². The quantitative estimate of drug-likeness (QED) is 0.747. The van der Waals surface area contributed by atoms with Gasteiger partial charge in [0.2, 0.25) is 0 Å². The van der Waals surface area contributed by atoms with Crippen molar-refractivity contribution in [1.82, 2.24) is 9.55 Å². The lowest BCUT2D eigenvalue weighted by molar-refractivity contribution is 1.02. The van der Waals surface area contributed by atoms with Crippen molar-refractivity contribution < 1.29 is 0 Å². The van der Waals surface area contributed by atoms with Crippen molar-refractivity contribution >= 4 is 28.2 Å². The number of hydrogen-bond donors (Lipinski definition) is 1. The van der Waals surface area contributed by atoms with Gasteiger partial charge in [0.05, 0.1) is 23.1 Å². The Kier molecular flexibility index (Phi) is 3.09. The van der Waals surface area contributed by atoms with Crippen LogP contribution in [0.2, 0.25) is 5.02 Å². The number of nitriles is 1. The summed E-state index contributed by atoms with van der Waals surface area (Å²) in [5, 5.41) is 10.3. The number of nitrogen functional groups attached to an aromatic ring is 1. The van der Waals surface area contributed by atoms with Gasteiger partial charge in [0.1, 0.15) is 11.6 Å². The summed E-state index contributed by atoms with van der Waals surface area (Å²) in [6.07, 6.45) is 3.14. The van der Waals surface area contributed by atoms with Crippen LogP contribution in [0.4, 0.5) is 5.69 Å². The Labute approximate surface area is 124 Å². The Morgan fingerprint density at radius 1 is 1.33 bits per heavy atom. The van der Waals surface area contributed by atoms with Crippen LogP contribution in [0.5, 0.6) is 0 Å². The van der Waals surface area contributed by atoms with Crippen molar-refractivity contribution in [3.05, 3.63) is 63.7 Å². The van der Waals surface area contributed by atoms with Crippen LogP contribution in [0.15, 0.2) is 47.5 Å². The minimum Gasteiger partial charge on any atom is -0.397 e. The number of fused-ring (bicyclic) bond motifs is 1. The van der Waals surface area contributed by atoms with Gasteiger partial charge in [-0.3, -0.25) is 14.3 Å². The summed E-state index contributed by atoms with van der Waals surface area (Å²) in [5.74, 6) is 0. The summed E-state index contributed by atoms with van der Waals surface area (Å²) < 4.78 is 1.39. The van der Waals surface area contributed by atoms with Gasteiger partial charge in [-0.05, 0) is 30.3 Å². The minimum atomic E-state index is -0.488. The maximum atomic E-state index is 12.5. The largest absolute Gasteiger partial charge is 0.397 e. The standard InChI is InChI=1S/C15H9ClN4O/c16-9-3-4-11-13(6-9)20(10-2-1-5-19-8-10)15(21)12(7-17)14(11)18/h1-6,8H,18H2. The van der Waals surface area contributed by atoms with Crippen LogP contribution < -0.4 is 11.3 Å². The van der Waals surface area contributed by atoms with E-state index in [-0.39, 0.29) is 11.3 Å². The Balaban J connectivity index is 2.57. The molecule has 0 bridgehead atoms.